The Labute approximate surface area is 189 Å². The largest absolute Gasteiger partial charge is 0.497 e. The standard InChI is InChI=1S/C24H31FN2O4S/c1-18(19-5-11-22(31-2)12-6-19)27-16-14-24(17-23(27)28,13-4-15-26-32(3,29)30)20-7-9-21(25)10-8-20/h5-12,18,26H,4,13-17H2,1-3H3/t18-,24-/m0/s1. The molecule has 0 spiro atoms. The molecule has 0 bridgehead atoms. The number of piperidine rings is 1. The minimum Gasteiger partial charge on any atom is -0.497 e. The zero-order valence-electron chi connectivity index (χ0n) is 18.8. The summed E-state index contributed by atoms with van der Waals surface area (Å²) in [6, 6.07) is 14.0. The first-order chi connectivity index (χ1) is 15.1. The number of rotatable bonds is 9. The van der Waals surface area contributed by atoms with Gasteiger partial charge in [-0.2, -0.15) is 0 Å². The van der Waals surface area contributed by atoms with Crippen LogP contribution in [0.1, 0.15) is 49.8 Å². The predicted octanol–water partition coefficient (Wildman–Crippen LogP) is 3.79. The van der Waals surface area contributed by atoms with Crippen LogP contribution in [0.4, 0.5) is 4.39 Å². The molecule has 6 nitrogen and oxygen atoms in total. The Morgan fingerprint density at radius 3 is 2.38 bits per heavy atom. The molecule has 1 saturated heterocycles. The maximum Gasteiger partial charge on any atom is 0.223 e. The van der Waals surface area contributed by atoms with Crippen molar-refractivity contribution in [3.63, 3.8) is 0 Å². The Morgan fingerprint density at radius 1 is 1.16 bits per heavy atom. The van der Waals surface area contributed by atoms with Crippen LogP contribution < -0.4 is 9.46 Å². The van der Waals surface area contributed by atoms with Gasteiger partial charge in [0.05, 0.1) is 19.4 Å². The smallest absolute Gasteiger partial charge is 0.223 e. The number of likely N-dealkylation sites (tertiary alicyclic amines) is 1. The van der Waals surface area contributed by atoms with Crippen LogP contribution in [0.5, 0.6) is 5.75 Å². The Morgan fingerprint density at radius 2 is 1.81 bits per heavy atom. The third-order valence-corrected chi connectivity index (χ3v) is 7.09. The van der Waals surface area contributed by atoms with Crippen LogP contribution in [0.3, 0.4) is 0 Å². The van der Waals surface area contributed by atoms with Crippen LogP contribution in [-0.2, 0) is 20.2 Å². The molecule has 1 fully saturated rings. The number of hydrogen-bond donors (Lipinski definition) is 1. The number of sulfonamides is 1. The Hall–Kier alpha value is -2.45. The molecule has 2 aromatic rings. The number of amides is 1. The fourth-order valence-electron chi connectivity index (χ4n) is 4.50. The van der Waals surface area contributed by atoms with Crippen molar-refractivity contribution in [3.8, 4) is 5.75 Å². The highest BCUT2D eigenvalue weighted by atomic mass is 32.2. The van der Waals surface area contributed by atoms with Crippen LogP contribution in [0.25, 0.3) is 0 Å². The molecular weight excluding hydrogens is 431 g/mol. The van der Waals surface area contributed by atoms with Crippen LogP contribution in [0.15, 0.2) is 48.5 Å². The number of methoxy groups -OCH3 is 1. The van der Waals surface area contributed by atoms with E-state index in [0.29, 0.717) is 32.4 Å². The van der Waals surface area contributed by atoms with Crippen molar-refractivity contribution in [1.29, 1.82) is 0 Å². The van der Waals surface area contributed by atoms with Crippen LogP contribution in [0.2, 0.25) is 0 Å². The van der Waals surface area contributed by atoms with E-state index < -0.39 is 15.4 Å². The lowest BCUT2D eigenvalue weighted by Crippen LogP contribution is -2.47. The summed E-state index contributed by atoms with van der Waals surface area (Å²) in [5.74, 6) is 0.489. The summed E-state index contributed by atoms with van der Waals surface area (Å²) in [6.45, 7) is 2.89. The molecule has 1 aliphatic heterocycles. The van der Waals surface area contributed by atoms with Gasteiger partial charge in [-0.3, -0.25) is 4.79 Å². The van der Waals surface area contributed by atoms with Crippen molar-refractivity contribution in [2.24, 2.45) is 0 Å². The van der Waals surface area contributed by atoms with E-state index in [1.807, 2.05) is 36.1 Å². The number of carbonyl (C=O) groups excluding carboxylic acids is 1. The summed E-state index contributed by atoms with van der Waals surface area (Å²) in [5, 5.41) is 0. The van der Waals surface area contributed by atoms with Gasteiger partial charge in [0.1, 0.15) is 11.6 Å². The van der Waals surface area contributed by atoms with Gasteiger partial charge in [-0.05, 0) is 61.6 Å². The first-order valence-electron chi connectivity index (χ1n) is 10.8. The molecule has 0 unspecified atom stereocenters. The molecule has 0 saturated carbocycles. The van der Waals surface area contributed by atoms with Crippen molar-refractivity contribution >= 4 is 15.9 Å². The molecular formula is C24H31FN2O4S. The summed E-state index contributed by atoms with van der Waals surface area (Å²) in [4.78, 5) is 15.2. The molecule has 1 amide bonds. The van der Waals surface area contributed by atoms with Gasteiger partial charge in [-0.1, -0.05) is 24.3 Å². The summed E-state index contributed by atoms with van der Waals surface area (Å²) in [7, 11) is -1.65. The van der Waals surface area contributed by atoms with Gasteiger partial charge in [0.25, 0.3) is 0 Å². The molecule has 0 aliphatic carbocycles. The summed E-state index contributed by atoms with van der Waals surface area (Å²) >= 11 is 0. The van der Waals surface area contributed by atoms with Gasteiger partial charge in [0, 0.05) is 24.9 Å². The number of carbonyl (C=O) groups is 1. The number of halogens is 1. The van der Waals surface area contributed by atoms with E-state index in [1.54, 1.807) is 19.2 Å². The molecule has 3 rings (SSSR count). The zero-order chi connectivity index (χ0) is 23.4. The third kappa shape index (κ3) is 5.86. The lowest BCUT2D eigenvalue weighted by Gasteiger charge is -2.44. The Bertz CT molecular complexity index is 1020. The molecule has 8 heteroatoms. The topological polar surface area (TPSA) is 75.7 Å². The lowest BCUT2D eigenvalue weighted by atomic mass is 9.69. The van der Waals surface area contributed by atoms with Crippen molar-refractivity contribution in [1.82, 2.24) is 9.62 Å². The van der Waals surface area contributed by atoms with Crippen molar-refractivity contribution in [3.05, 3.63) is 65.5 Å². The van der Waals surface area contributed by atoms with Gasteiger partial charge in [-0.15, -0.1) is 0 Å². The van der Waals surface area contributed by atoms with E-state index in [-0.39, 0.29) is 17.8 Å². The molecule has 0 aromatic heterocycles. The highest BCUT2D eigenvalue weighted by molar-refractivity contribution is 7.88. The average Bonchev–Trinajstić information content (AvgIpc) is 2.76. The van der Waals surface area contributed by atoms with Crippen LogP contribution in [0, 0.1) is 5.82 Å². The SMILES string of the molecule is COc1ccc([C@H](C)N2CC[C@](CCCNS(C)(=O)=O)(c3ccc(F)cc3)CC2=O)cc1. The quantitative estimate of drug-likeness (QED) is 0.576. The maximum atomic E-state index is 13.5. The first kappa shape index (κ1) is 24.2. The fraction of sp³-hybridized carbons (Fsp3) is 0.458. The molecule has 0 radical (unpaired) electrons. The van der Waals surface area contributed by atoms with Crippen LogP contribution in [-0.4, -0.2) is 45.7 Å². The van der Waals surface area contributed by atoms with Gasteiger partial charge in [0.15, 0.2) is 0 Å². The van der Waals surface area contributed by atoms with E-state index in [0.717, 1.165) is 29.6 Å². The lowest BCUT2D eigenvalue weighted by molar-refractivity contribution is -0.138. The number of nitrogens with one attached hydrogen (secondary N) is 1. The predicted molar refractivity (Wildman–Crippen MR) is 123 cm³/mol. The maximum absolute atomic E-state index is 13.5. The van der Waals surface area contributed by atoms with E-state index in [9.17, 15) is 17.6 Å². The van der Waals surface area contributed by atoms with E-state index in [1.165, 1.54) is 12.1 Å². The van der Waals surface area contributed by atoms with Crippen molar-refractivity contribution in [2.45, 2.75) is 44.1 Å². The second-order valence-corrected chi connectivity index (χ2v) is 10.4. The number of nitrogens with zero attached hydrogens (tertiary/aromatic N) is 1. The highest BCUT2D eigenvalue weighted by Gasteiger charge is 2.41. The van der Waals surface area contributed by atoms with Crippen molar-refractivity contribution < 1.29 is 22.3 Å². The second kappa shape index (κ2) is 10.0. The Balaban J connectivity index is 1.77. The summed E-state index contributed by atoms with van der Waals surface area (Å²) in [5.41, 5.74) is 1.51. The molecule has 2 atom stereocenters. The van der Waals surface area contributed by atoms with E-state index in [4.69, 9.17) is 4.74 Å². The molecule has 2 aromatic carbocycles. The van der Waals surface area contributed by atoms with Gasteiger partial charge in [0.2, 0.25) is 15.9 Å². The van der Waals surface area contributed by atoms with Gasteiger partial charge in [-0.25, -0.2) is 17.5 Å². The molecule has 1 aliphatic rings. The summed E-state index contributed by atoms with van der Waals surface area (Å²) in [6.07, 6.45) is 3.39. The van der Waals surface area contributed by atoms with Gasteiger partial charge >= 0.3 is 0 Å². The minimum atomic E-state index is -3.27. The van der Waals surface area contributed by atoms with Gasteiger partial charge < -0.3 is 9.64 Å². The monoisotopic (exact) mass is 462 g/mol. The average molecular weight is 463 g/mol. The third-order valence-electron chi connectivity index (χ3n) is 6.36. The van der Waals surface area contributed by atoms with E-state index in [2.05, 4.69) is 4.72 Å². The molecule has 1 N–H and O–H groups in total. The van der Waals surface area contributed by atoms with Crippen molar-refractivity contribution in [2.75, 3.05) is 26.5 Å². The minimum absolute atomic E-state index is 0.0416. The first-order valence-corrected chi connectivity index (χ1v) is 12.7. The zero-order valence-corrected chi connectivity index (χ0v) is 19.6. The number of hydrogen-bond acceptors (Lipinski definition) is 4. The molecule has 1 heterocycles. The Kier molecular flexibility index (Phi) is 7.56. The highest BCUT2D eigenvalue weighted by Crippen LogP contribution is 2.42. The molecule has 32 heavy (non-hydrogen) atoms. The van der Waals surface area contributed by atoms with E-state index >= 15 is 0 Å². The normalized spacial score (nSPS) is 20.2. The summed E-state index contributed by atoms with van der Waals surface area (Å²) < 4.78 is 44.1. The number of benzene rings is 2. The fourth-order valence-corrected chi connectivity index (χ4v) is 5.02. The molecule has 174 valence electrons. The number of ether oxygens (including phenoxy) is 1. The van der Waals surface area contributed by atoms with Crippen LogP contribution >= 0.6 is 0 Å². The second-order valence-electron chi connectivity index (χ2n) is 8.52.